The number of nitrogens with one attached hydrogen (secondary N) is 2. The van der Waals surface area contributed by atoms with Crippen molar-refractivity contribution in [1.29, 1.82) is 0 Å². The first-order valence-corrected chi connectivity index (χ1v) is 10.4. The summed E-state index contributed by atoms with van der Waals surface area (Å²) in [5, 5.41) is 5.43. The molecule has 0 heterocycles. The van der Waals surface area contributed by atoms with E-state index in [4.69, 9.17) is 9.47 Å². The second-order valence-electron chi connectivity index (χ2n) is 6.59. The van der Waals surface area contributed by atoms with Crippen molar-refractivity contribution in [2.24, 2.45) is 0 Å². The summed E-state index contributed by atoms with van der Waals surface area (Å²) in [5.74, 6) is 0.858. The van der Waals surface area contributed by atoms with Crippen molar-refractivity contribution < 1.29 is 19.1 Å². The van der Waals surface area contributed by atoms with Crippen molar-refractivity contribution in [3.05, 3.63) is 48.0 Å². The number of hydrogen-bond donors (Lipinski definition) is 2. The first kappa shape index (κ1) is 22.6. The summed E-state index contributed by atoms with van der Waals surface area (Å²) in [5.41, 5.74) is 0.947. The number of anilines is 1. The summed E-state index contributed by atoms with van der Waals surface area (Å²) in [6.07, 6.45) is 0.833. The van der Waals surface area contributed by atoms with Gasteiger partial charge < -0.3 is 20.1 Å². The van der Waals surface area contributed by atoms with Gasteiger partial charge in [-0.15, -0.1) is 11.8 Å². The van der Waals surface area contributed by atoms with E-state index in [1.54, 1.807) is 44.6 Å². The smallest absolute Gasteiger partial charge is 0.253 e. The predicted octanol–water partition coefficient (Wildman–Crippen LogP) is 4.35. The lowest BCUT2D eigenvalue weighted by atomic mass is 10.1. The van der Waals surface area contributed by atoms with Crippen molar-refractivity contribution in [2.45, 2.75) is 43.4 Å². The molecule has 2 N–H and O–H groups in total. The lowest BCUT2D eigenvalue weighted by molar-refractivity contribution is -0.115. The molecule has 0 saturated heterocycles. The Bertz CT molecular complexity index is 856. The van der Waals surface area contributed by atoms with Crippen LogP contribution in [0.3, 0.4) is 0 Å². The Morgan fingerprint density at radius 3 is 2.38 bits per heavy atom. The molecule has 0 aromatic heterocycles. The van der Waals surface area contributed by atoms with Gasteiger partial charge in [-0.3, -0.25) is 9.59 Å². The summed E-state index contributed by atoms with van der Waals surface area (Å²) >= 11 is 1.40. The number of hydrogen-bond acceptors (Lipinski definition) is 5. The Hall–Kier alpha value is -2.67. The molecule has 0 fully saturated rings. The Morgan fingerprint density at radius 2 is 1.72 bits per heavy atom. The SMILES string of the molecule is CC[C@@H](C)NC(=O)c1ccccc1NC(=O)[C@H](C)Sc1ccc(OC)c(OC)c1. The fourth-order valence-electron chi connectivity index (χ4n) is 2.58. The molecule has 2 rings (SSSR count). The average Bonchev–Trinajstić information content (AvgIpc) is 2.73. The van der Waals surface area contributed by atoms with Crippen LogP contribution in [0.15, 0.2) is 47.4 Å². The van der Waals surface area contributed by atoms with Gasteiger partial charge in [0.2, 0.25) is 5.91 Å². The molecular formula is C22H28N2O4S. The van der Waals surface area contributed by atoms with Crippen LogP contribution in [0.1, 0.15) is 37.6 Å². The maximum Gasteiger partial charge on any atom is 0.253 e. The van der Waals surface area contributed by atoms with Crippen LogP contribution in [0, 0.1) is 0 Å². The molecule has 0 unspecified atom stereocenters. The molecule has 2 amide bonds. The van der Waals surface area contributed by atoms with Gasteiger partial charge in [0.25, 0.3) is 5.91 Å². The largest absolute Gasteiger partial charge is 0.493 e. The lowest BCUT2D eigenvalue weighted by Gasteiger charge is -2.17. The summed E-state index contributed by atoms with van der Waals surface area (Å²) in [6.45, 7) is 5.77. The number of benzene rings is 2. The van der Waals surface area contributed by atoms with Crippen LogP contribution >= 0.6 is 11.8 Å². The molecule has 0 spiro atoms. The van der Waals surface area contributed by atoms with E-state index in [0.29, 0.717) is 22.7 Å². The van der Waals surface area contributed by atoms with E-state index in [9.17, 15) is 9.59 Å². The zero-order valence-electron chi connectivity index (χ0n) is 17.4. The zero-order chi connectivity index (χ0) is 21.4. The first-order valence-electron chi connectivity index (χ1n) is 9.49. The standard InChI is InChI=1S/C22H28N2O4S/c1-6-14(2)23-22(26)17-9-7-8-10-18(17)24-21(25)15(3)29-16-11-12-19(27-4)20(13-16)28-5/h7-15H,6H2,1-5H3,(H,23,26)(H,24,25)/t14-,15+/m1/s1. The maximum atomic E-state index is 12.7. The maximum absolute atomic E-state index is 12.7. The number of methoxy groups -OCH3 is 2. The van der Waals surface area contributed by atoms with Crippen molar-refractivity contribution in [3.8, 4) is 11.5 Å². The van der Waals surface area contributed by atoms with E-state index in [1.165, 1.54) is 11.8 Å². The van der Waals surface area contributed by atoms with Crippen molar-refractivity contribution in [3.63, 3.8) is 0 Å². The second-order valence-corrected chi connectivity index (χ2v) is 8.01. The molecule has 2 atom stereocenters. The number of para-hydroxylation sites is 1. The minimum absolute atomic E-state index is 0.0609. The Kier molecular flexibility index (Phi) is 8.39. The summed E-state index contributed by atoms with van der Waals surface area (Å²) in [7, 11) is 3.15. The lowest BCUT2D eigenvalue weighted by Crippen LogP contribution is -2.33. The zero-order valence-corrected chi connectivity index (χ0v) is 18.3. The number of rotatable bonds is 9. The van der Waals surface area contributed by atoms with Crippen LogP contribution in [-0.4, -0.2) is 37.3 Å². The highest BCUT2D eigenvalue weighted by Crippen LogP contribution is 2.33. The van der Waals surface area contributed by atoms with E-state index in [2.05, 4.69) is 10.6 Å². The topological polar surface area (TPSA) is 76.7 Å². The second kappa shape index (κ2) is 10.8. The molecule has 2 aromatic carbocycles. The molecule has 0 saturated carbocycles. The van der Waals surface area contributed by atoms with Gasteiger partial charge in [0.1, 0.15) is 0 Å². The molecule has 0 aliphatic heterocycles. The van der Waals surface area contributed by atoms with Crippen molar-refractivity contribution in [2.75, 3.05) is 19.5 Å². The third-order valence-electron chi connectivity index (χ3n) is 4.46. The quantitative estimate of drug-likeness (QED) is 0.594. The van der Waals surface area contributed by atoms with Gasteiger partial charge in [-0.2, -0.15) is 0 Å². The molecule has 156 valence electrons. The fraction of sp³-hybridized carbons (Fsp3) is 0.364. The number of carbonyl (C=O) groups is 2. The van der Waals surface area contributed by atoms with Gasteiger partial charge in [-0.25, -0.2) is 0 Å². The highest BCUT2D eigenvalue weighted by atomic mass is 32.2. The van der Waals surface area contributed by atoms with Crippen LogP contribution in [0.5, 0.6) is 11.5 Å². The summed E-state index contributed by atoms with van der Waals surface area (Å²) in [6, 6.07) is 12.6. The highest BCUT2D eigenvalue weighted by molar-refractivity contribution is 8.00. The third kappa shape index (κ3) is 6.15. The molecule has 0 bridgehead atoms. The number of ether oxygens (including phenoxy) is 2. The average molecular weight is 417 g/mol. The van der Waals surface area contributed by atoms with E-state index < -0.39 is 0 Å². The summed E-state index contributed by atoms with van der Waals surface area (Å²) < 4.78 is 10.6. The van der Waals surface area contributed by atoms with Crippen LogP contribution in [-0.2, 0) is 4.79 Å². The third-order valence-corrected chi connectivity index (χ3v) is 5.55. The molecule has 29 heavy (non-hydrogen) atoms. The predicted molar refractivity (Wildman–Crippen MR) is 117 cm³/mol. The van der Waals surface area contributed by atoms with Gasteiger partial charge in [-0.05, 0) is 50.6 Å². The van der Waals surface area contributed by atoms with E-state index in [0.717, 1.165) is 11.3 Å². The van der Waals surface area contributed by atoms with Crippen LogP contribution in [0.4, 0.5) is 5.69 Å². The van der Waals surface area contributed by atoms with Crippen LogP contribution < -0.4 is 20.1 Å². The molecular weight excluding hydrogens is 388 g/mol. The van der Waals surface area contributed by atoms with E-state index in [1.807, 2.05) is 32.9 Å². The van der Waals surface area contributed by atoms with Gasteiger partial charge in [-0.1, -0.05) is 19.1 Å². The Balaban J connectivity index is 2.09. The van der Waals surface area contributed by atoms with Crippen molar-refractivity contribution >= 4 is 29.3 Å². The fourth-order valence-corrected chi connectivity index (χ4v) is 3.47. The molecule has 6 nitrogen and oxygen atoms in total. The van der Waals surface area contributed by atoms with Gasteiger partial charge in [0.15, 0.2) is 11.5 Å². The molecule has 0 aliphatic rings. The van der Waals surface area contributed by atoms with E-state index >= 15 is 0 Å². The molecule has 2 aromatic rings. The number of carbonyl (C=O) groups excluding carboxylic acids is 2. The number of thioether (sulfide) groups is 1. The highest BCUT2D eigenvalue weighted by Gasteiger charge is 2.19. The van der Waals surface area contributed by atoms with Crippen molar-refractivity contribution in [1.82, 2.24) is 5.32 Å². The van der Waals surface area contributed by atoms with Gasteiger partial charge in [0, 0.05) is 10.9 Å². The summed E-state index contributed by atoms with van der Waals surface area (Å²) in [4.78, 5) is 26.1. The first-order chi connectivity index (χ1) is 13.9. The molecule has 7 heteroatoms. The number of amides is 2. The Morgan fingerprint density at radius 1 is 1.03 bits per heavy atom. The van der Waals surface area contributed by atoms with Crippen LogP contribution in [0.25, 0.3) is 0 Å². The normalized spacial score (nSPS) is 12.6. The Labute approximate surface area is 176 Å². The van der Waals surface area contributed by atoms with Crippen LogP contribution in [0.2, 0.25) is 0 Å². The molecule has 0 aliphatic carbocycles. The minimum atomic E-state index is -0.376. The van der Waals surface area contributed by atoms with Gasteiger partial charge >= 0.3 is 0 Å². The minimum Gasteiger partial charge on any atom is -0.493 e. The monoisotopic (exact) mass is 416 g/mol. The van der Waals surface area contributed by atoms with Gasteiger partial charge in [0.05, 0.1) is 30.7 Å². The van der Waals surface area contributed by atoms with E-state index in [-0.39, 0.29) is 23.1 Å². The molecule has 0 radical (unpaired) electrons.